The van der Waals surface area contributed by atoms with Crippen molar-refractivity contribution in [3.05, 3.63) is 29.7 Å². The average Bonchev–Trinajstić information content (AvgIpc) is 2.95. The molecule has 2 aromatic rings. The van der Waals surface area contributed by atoms with Gasteiger partial charge in [0.25, 0.3) is 0 Å². The third-order valence-electron chi connectivity index (χ3n) is 2.73. The summed E-state index contributed by atoms with van der Waals surface area (Å²) in [6, 6.07) is -0.0664. The third kappa shape index (κ3) is 2.45. The number of hydrogen-bond donors (Lipinski definition) is 4. The van der Waals surface area contributed by atoms with E-state index >= 15 is 0 Å². The maximum atomic E-state index is 5.77. The van der Waals surface area contributed by atoms with E-state index in [1.165, 1.54) is 0 Å². The first kappa shape index (κ1) is 11.6. The number of aryl methyl sites for hydroxylation is 1. The number of rotatable bonds is 5. The Bertz CT molecular complexity index is 472. The van der Waals surface area contributed by atoms with Crippen LogP contribution in [0, 0.1) is 0 Å². The molecule has 0 radical (unpaired) electrons. The van der Waals surface area contributed by atoms with E-state index in [0.29, 0.717) is 5.82 Å². The van der Waals surface area contributed by atoms with Crippen molar-refractivity contribution in [2.75, 3.05) is 5.73 Å². The first-order valence-electron chi connectivity index (χ1n) is 5.50. The molecule has 92 valence electrons. The summed E-state index contributed by atoms with van der Waals surface area (Å²) in [6.45, 7) is 2.90. The summed E-state index contributed by atoms with van der Waals surface area (Å²) < 4.78 is 1.88. The van der Waals surface area contributed by atoms with Crippen molar-refractivity contribution < 1.29 is 0 Å². The van der Waals surface area contributed by atoms with Crippen molar-refractivity contribution in [1.29, 1.82) is 0 Å². The monoisotopic (exact) mass is 235 g/mol. The molecule has 2 heterocycles. The van der Waals surface area contributed by atoms with E-state index in [4.69, 9.17) is 11.6 Å². The van der Waals surface area contributed by atoms with Gasteiger partial charge in [-0.15, -0.1) is 0 Å². The zero-order chi connectivity index (χ0) is 12.3. The molecular formula is C10H17N7. The third-order valence-corrected chi connectivity index (χ3v) is 2.73. The minimum atomic E-state index is -0.0664. The predicted molar refractivity (Wildman–Crippen MR) is 64.7 cm³/mol. The number of nitrogen functional groups attached to an aromatic ring is 1. The molecular weight excluding hydrogens is 218 g/mol. The molecule has 2 rings (SSSR count). The first-order valence-corrected chi connectivity index (χ1v) is 5.50. The Balaban J connectivity index is 2.12. The van der Waals surface area contributed by atoms with Gasteiger partial charge in [0.2, 0.25) is 0 Å². The molecule has 0 saturated heterocycles. The van der Waals surface area contributed by atoms with Gasteiger partial charge in [0.1, 0.15) is 5.82 Å². The minimum Gasteiger partial charge on any atom is -0.384 e. The molecule has 2 aromatic heterocycles. The number of anilines is 1. The van der Waals surface area contributed by atoms with Gasteiger partial charge >= 0.3 is 0 Å². The van der Waals surface area contributed by atoms with Crippen LogP contribution in [-0.2, 0) is 13.0 Å². The number of hydrazine groups is 1. The Morgan fingerprint density at radius 1 is 1.53 bits per heavy atom. The Hall–Kier alpha value is -1.86. The number of aromatic nitrogens is 4. The lowest BCUT2D eigenvalue weighted by Crippen LogP contribution is -2.29. The maximum absolute atomic E-state index is 5.77. The smallest absolute Gasteiger partial charge is 0.123 e. The summed E-state index contributed by atoms with van der Waals surface area (Å²) in [5.41, 5.74) is 10.5. The highest BCUT2D eigenvalue weighted by atomic mass is 15.3. The molecule has 1 atom stereocenters. The lowest BCUT2D eigenvalue weighted by Gasteiger charge is -2.13. The number of hydrogen-bond acceptors (Lipinski definition) is 5. The van der Waals surface area contributed by atoms with Gasteiger partial charge < -0.3 is 5.73 Å². The molecule has 7 nitrogen and oxygen atoms in total. The van der Waals surface area contributed by atoms with Crippen molar-refractivity contribution in [2.45, 2.75) is 25.9 Å². The Kier molecular flexibility index (Phi) is 3.40. The number of H-pyrrole nitrogens is 1. The molecule has 7 heteroatoms. The van der Waals surface area contributed by atoms with Crippen LogP contribution in [0.25, 0.3) is 0 Å². The summed E-state index contributed by atoms with van der Waals surface area (Å²) in [4.78, 5) is 0. The normalized spacial score (nSPS) is 12.8. The maximum Gasteiger partial charge on any atom is 0.123 e. The average molecular weight is 235 g/mol. The van der Waals surface area contributed by atoms with Crippen molar-refractivity contribution in [3.8, 4) is 0 Å². The second-order valence-corrected chi connectivity index (χ2v) is 3.87. The van der Waals surface area contributed by atoms with Gasteiger partial charge in [-0.05, 0) is 18.9 Å². The van der Waals surface area contributed by atoms with E-state index < -0.39 is 0 Å². The molecule has 6 N–H and O–H groups in total. The van der Waals surface area contributed by atoms with Gasteiger partial charge in [-0.1, -0.05) is 0 Å². The van der Waals surface area contributed by atoms with Crippen LogP contribution < -0.4 is 17.0 Å². The van der Waals surface area contributed by atoms with Crippen molar-refractivity contribution >= 4 is 5.82 Å². The molecule has 0 saturated carbocycles. The Morgan fingerprint density at radius 3 is 2.88 bits per heavy atom. The molecule has 0 fully saturated rings. The van der Waals surface area contributed by atoms with Gasteiger partial charge in [-0.3, -0.25) is 21.0 Å². The van der Waals surface area contributed by atoms with E-state index in [2.05, 4.69) is 20.7 Å². The fourth-order valence-electron chi connectivity index (χ4n) is 1.76. The van der Waals surface area contributed by atoms with E-state index in [0.717, 1.165) is 24.1 Å². The van der Waals surface area contributed by atoms with Gasteiger partial charge in [-0.2, -0.15) is 10.2 Å². The molecule has 0 aliphatic rings. The van der Waals surface area contributed by atoms with Crippen LogP contribution in [-0.4, -0.2) is 20.0 Å². The van der Waals surface area contributed by atoms with E-state index in [1.54, 1.807) is 6.20 Å². The molecule has 1 unspecified atom stereocenters. The lowest BCUT2D eigenvalue weighted by atomic mass is 10.0. The van der Waals surface area contributed by atoms with E-state index in [9.17, 15) is 0 Å². The highest BCUT2D eigenvalue weighted by Crippen LogP contribution is 2.20. The van der Waals surface area contributed by atoms with Crippen LogP contribution in [0.4, 0.5) is 5.82 Å². The SMILES string of the molecule is CCn1cc(CC(NN)c2cn[nH]c2N)cn1. The largest absolute Gasteiger partial charge is 0.384 e. The Morgan fingerprint density at radius 2 is 2.35 bits per heavy atom. The summed E-state index contributed by atoms with van der Waals surface area (Å²) in [5.74, 6) is 6.08. The zero-order valence-electron chi connectivity index (χ0n) is 9.72. The highest BCUT2D eigenvalue weighted by Gasteiger charge is 2.15. The fraction of sp³-hybridized carbons (Fsp3) is 0.400. The summed E-state index contributed by atoms with van der Waals surface area (Å²) in [6.07, 6.45) is 6.25. The number of nitrogens with one attached hydrogen (secondary N) is 2. The molecule has 0 amide bonds. The highest BCUT2D eigenvalue weighted by molar-refractivity contribution is 5.39. The summed E-state index contributed by atoms with van der Waals surface area (Å²) in [7, 11) is 0. The predicted octanol–water partition coefficient (Wildman–Crippen LogP) is -0.0446. The van der Waals surface area contributed by atoms with Crippen LogP contribution in [0.2, 0.25) is 0 Å². The number of nitrogens with two attached hydrogens (primary N) is 2. The van der Waals surface area contributed by atoms with Gasteiger partial charge in [0, 0.05) is 18.3 Å². The summed E-state index contributed by atoms with van der Waals surface area (Å²) in [5, 5.41) is 10.8. The quantitative estimate of drug-likeness (QED) is 0.429. The Labute approximate surface area is 99.2 Å². The van der Waals surface area contributed by atoms with Gasteiger partial charge in [0.05, 0.1) is 18.4 Å². The lowest BCUT2D eigenvalue weighted by molar-refractivity contribution is 0.553. The van der Waals surface area contributed by atoms with Crippen LogP contribution in [0.5, 0.6) is 0 Å². The molecule has 0 aliphatic carbocycles. The second kappa shape index (κ2) is 4.98. The van der Waals surface area contributed by atoms with Crippen LogP contribution in [0.15, 0.2) is 18.6 Å². The molecule has 0 spiro atoms. The fourth-order valence-corrected chi connectivity index (χ4v) is 1.76. The van der Waals surface area contributed by atoms with Gasteiger partial charge in [0.15, 0.2) is 0 Å². The van der Waals surface area contributed by atoms with Crippen LogP contribution in [0.1, 0.15) is 24.1 Å². The zero-order valence-corrected chi connectivity index (χ0v) is 9.72. The van der Waals surface area contributed by atoms with Crippen molar-refractivity contribution in [2.24, 2.45) is 5.84 Å². The van der Waals surface area contributed by atoms with E-state index in [1.807, 2.05) is 24.0 Å². The van der Waals surface area contributed by atoms with E-state index in [-0.39, 0.29) is 6.04 Å². The van der Waals surface area contributed by atoms with Crippen LogP contribution >= 0.6 is 0 Å². The first-order chi connectivity index (χ1) is 8.24. The molecule has 0 aliphatic heterocycles. The number of aromatic amines is 1. The van der Waals surface area contributed by atoms with Crippen molar-refractivity contribution in [1.82, 2.24) is 25.4 Å². The molecule has 0 aromatic carbocycles. The van der Waals surface area contributed by atoms with Crippen LogP contribution in [0.3, 0.4) is 0 Å². The summed E-state index contributed by atoms with van der Waals surface area (Å²) >= 11 is 0. The standard InChI is InChI=1S/C10H17N7/c1-2-17-6-7(4-14-17)3-9(15-12)8-5-13-16-10(8)11/h4-6,9,15H,2-3,12H2,1H3,(H3,11,13,16). The molecule has 17 heavy (non-hydrogen) atoms. The van der Waals surface area contributed by atoms with Crippen molar-refractivity contribution in [3.63, 3.8) is 0 Å². The number of nitrogens with zero attached hydrogens (tertiary/aromatic N) is 3. The topological polar surface area (TPSA) is 111 Å². The minimum absolute atomic E-state index is 0.0664. The second-order valence-electron chi connectivity index (χ2n) is 3.87. The molecule has 0 bridgehead atoms. The van der Waals surface area contributed by atoms with Gasteiger partial charge in [-0.25, -0.2) is 0 Å².